The molecule has 0 radical (unpaired) electrons. The zero-order valence-corrected chi connectivity index (χ0v) is 21.1. The Bertz CT molecular complexity index is 962. The van der Waals surface area contributed by atoms with Crippen molar-refractivity contribution in [2.24, 2.45) is 5.92 Å². The van der Waals surface area contributed by atoms with Crippen molar-refractivity contribution in [3.05, 3.63) is 91.0 Å². The van der Waals surface area contributed by atoms with E-state index < -0.39 is 23.4 Å². The topological polar surface area (TPSA) is 29.1 Å². The fraction of sp³-hybridized carbons (Fsp3) is 0.269. The van der Waals surface area contributed by atoms with Crippen LogP contribution in [0.25, 0.3) is 0 Å². The van der Waals surface area contributed by atoms with Crippen LogP contribution in [0.2, 0.25) is 0 Å². The Labute approximate surface area is 201 Å². The van der Waals surface area contributed by atoms with E-state index in [1.807, 2.05) is 105 Å². The van der Waals surface area contributed by atoms with Crippen molar-refractivity contribution in [1.82, 2.24) is 5.32 Å². The molecule has 176 valence electrons. The van der Waals surface area contributed by atoms with Crippen LogP contribution in [0.3, 0.4) is 0 Å². The SMILES string of the molecule is CC[C@H](C)[C@@H](CP(Br)(c1ccccc1)(c1ccccc1)c1ccccc1)NC(=O)C(F)(F)F. The summed E-state index contributed by atoms with van der Waals surface area (Å²) in [7, 11) is 0. The van der Waals surface area contributed by atoms with Crippen molar-refractivity contribution < 1.29 is 18.0 Å². The number of benzene rings is 3. The minimum atomic E-state index is -4.94. The van der Waals surface area contributed by atoms with Gasteiger partial charge in [0.25, 0.3) is 0 Å². The summed E-state index contributed by atoms with van der Waals surface area (Å²) >= 11 is 4.25. The van der Waals surface area contributed by atoms with Crippen LogP contribution in [0.4, 0.5) is 13.2 Å². The molecule has 0 aliphatic heterocycles. The van der Waals surface area contributed by atoms with Gasteiger partial charge < -0.3 is 0 Å². The molecule has 2 nitrogen and oxygen atoms in total. The Hall–Kier alpha value is -2.17. The van der Waals surface area contributed by atoms with Crippen molar-refractivity contribution in [2.45, 2.75) is 32.5 Å². The Morgan fingerprint density at radius 2 is 1.21 bits per heavy atom. The van der Waals surface area contributed by atoms with E-state index >= 15 is 0 Å². The van der Waals surface area contributed by atoms with Crippen molar-refractivity contribution in [3.8, 4) is 0 Å². The molecule has 0 aliphatic rings. The molecule has 1 N–H and O–H groups in total. The van der Waals surface area contributed by atoms with E-state index in [0.29, 0.717) is 12.6 Å². The molecule has 3 rings (SSSR count). The molecular weight excluding hydrogens is 510 g/mol. The van der Waals surface area contributed by atoms with Crippen LogP contribution >= 0.6 is 20.8 Å². The number of carbonyl (C=O) groups excluding carboxylic acids is 1. The first-order chi connectivity index (χ1) is 15.6. The Morgan fingerprint density at radius 3 is 1.52 bits per heavy atom. The van der Waals surface area contributed by atoms with Gasteiger partial charge in [-0.2, -0.15) is 0 Å². The summed E-state index contributed by atoms with van der Waals surface area (Å²) in [4.78, 5) is 12.1. The van der Waals surface area contributed by atoms with E-state index in [1.165, 1.54) is 0 Å². The zero-order valence-electron chi connectivity index (χ0n) is 18.6. The summed E-state index contributed by atoms with van der Waals surface area (Å²) in [5.74, 6) is -2.08. The normalized spacial score (nSPS) is 15.2. The summed E-state index contributed by atoms with van der Waals surface area (Å²) in [6.07, 6.45) is -4.01. The molecule has 3 aromatic carbocycles. The average molecular weight is 538 g/mol. The number of alkyl halides is 3. The van der Waals surface area contributed by atoms with Crippen LogP contribution in [-0.2, 0) is 4.79 Å². The van der Waals surface area contributed by atoms with Crippen molar-refractivity contribution in [2.75, 3.05) is 6.16 Å². The second-order valence-corrected chi connectivity index (χ2v) is 17.3. The molecule has 0 aliphatic carbocycles. The third kappa shape index (κ3) is 5.02. The van der Waals surface area contributed by atoms with E-state index in [0.717, 1.165) is 15.9 Å². The number of hydrogen-bond donors (Lipinski definition) is 1. The molecule has 0 saturated heterocycles. The summed E-state index contributed by atoms with van der Waals surface area (Å²) < 4.78 is 39.8. The minimum absolute atomic E-state index is 0.175. The van der Waals surface area contributed by atoms with E-state index in [1.54, 1.807) is 0 Å². The Morgan fingerprint density at radius 1 is 0.848 bits per heavy atom. The van der Waals surface area contributed by atoms with Crippen LogP contribution in [0, 0.1) is 5.92 Å². The summed E-state index contributed by atoms with van der Waals surface area (Å²) in [5.41, 5.74) is 0. The van der Waals surface area contributed by atoms with Gasteiger partial charge in [-0.25, -0.2) is 0 Å². The molecule has 33 heavy (non-hydrogen) atoms. The first-order valence-electron chi connectivity index (χ1n) is 10.9. The summed E-state index contributed by atoms with van der Waals surface area (Å²) in [6.45, 7) is 3.81. The van der Waals surface area contributed by atoms with Gasteiger partial charge in [0.05, 0.1) is 0 Å². The number of amides is 1. The third-order valence-corrected chi connectivity index (χ3v) is 16.1. The van der Waals surface area contributed by atoms with E-state index in [4.69, 9.17) is 0 Å². The number of rotatable bonds is 8. The number of hydrogen-bond acceptors (Lipinski definition) is 1. The van der Waals surface area contributed by atoms with Crippen LogP contribution in [0.1, 0.15) is 20.3 Å². The molecule has 0 heterocycles. The van der Waals surface area contributed by atoms with E-state index in [9.17, 15) is 18.0 Å². The van der Waals surface area contributed by atoms with Gasteiger partial charge in [0, 0.05) is 0 Å². The first-order valence-corrected chi connectivity index (χ1v) is 15.3. The van der Waals surface area contributed by atoms with Crippen LogP contribution in [0.5, 0.6) is 0 Å². The van der Waals surface area contributed by atoms with Gasteiger partial charge in [0.1, 0.15) is 0 Å². The quantitative estimate of drug-likeness (QED) is 0.355. The Balaban J connectivity index is 2.31. The molecule has 0 bridgehead atoms. The van der Waals surface area contributed by atoms with Crippen LogP contribution in [-0.4, -0.2) is 24.3 Å². The Kier molecular flexibility index (Phi) is 7.70. The summed E-state index contributed by atoms with van der Waals surface area (Å²) in [5, 5.41) is 1.84. The average Bonchev–Trinajstić information content (AvgIpc) is 2.84. The molecule has 0 spiro atoms. The van der Waals surface area contributed by atoms with Gasteiger partial charge in [0.2, 0.25) is 0 Å². The second kappa shape index (κ2) is 9.99. The second-order valence-electron chi connectivity index (χ2n) is 8.34. The fourth-order valence-corrected chi connectivity index (χ4v) is 12.4. The third-order valence-electron chi connectivity index (χ3n) is 6.33. The number of nitrogens with one attached hydrogen (secondary N) is 1. The van der Waals surface area contributed by atoms with Gasteiger partial charge in [-0.15, -0.1) is 0 Å². The van der Waals surface area contributed by atoms with Gasteiger partial charge in [0.15, 0.2) is 0 Å². The maximum atomic E-state index is 13.3. The molecule has 3 aromatic rings. The van der Waals surface area contributed by atoms with Crippen molar-refractivity contribution in [3.63, 3.8) is 0 Å². The number of carbonyl (C=O) groups is 1. The standard InChI is InChI=1S/C26H28BrF3NOP/c1-3-20(2)24(31-25(32)26(28,29)30)19-33(27,21-13-7-4-8-14-21,22-15-9-5-10-16-22)23-17-11-6-12-18-23/h4-18,20,24H,3,19H2,1-2H3,(H,31,32)/t20-,24+/m0/s1. The molecule has 0 fully saturated rings. The van der Waals surface area contributed by atoms with Crippen molar-refractivity contribution >= 4 is 42.6 Å². The van der Waals surface area contributed by atoms with Crippen LogP contribution < -0.4 is 21.2 Å². The van der Waals surface area contributed by atoms with Gasteiger partial charge >= 0.3 is 201 Å². The predicted molar refractivity (Wildman–Crippen MR) is 136 cm³/mol. The van der Waals surface area contributed by atoms with Gasteiger partial charge in [-0.05, 0) is 0 Å². The van der Waals surface area contributed by atoms with Crippen LogP contribution in [0.15, 0.2) is 91.0 Å². The predicted octanol–water partition coefficient (Wildman–Crippen LogP) is 5.92. The number of halogens is 4. The monoisotopic (exact) mass is 537 g/mol. The zero-order chi connectivity index (χ0) is 24.1. The molecule has 1 amide bonds. The molecule has 2 atom stereocenters. The van der Waals surface area contributed by atoms with E-state index in [-0.39, 0.29) is 5.92 Å². The molecule has 0 aromatic heterocycles. The molecule has 0 unspecified atom stereocenters. The summed E-state index contributed by atoms with van der Waals surface area (Å²) in [6, 6.07) is 28.8. The molecular formula is C26H28BrF3NOP. The van der Waals surface area contributed by atoms with E-state index in [2.05, 4.69) is 20.8 Å². The molecule has 7 heteroatoms. The van der Waals surface area contributed by atoms with Crippen molar-refractivity contribution in [1.29, 1.82) is 0 Å². The molecule has 0 saturated carbocycles. The van der Waals surface area contributed by atoms with Gasteiger partial charge in [-0.1, -0.05) is 0 Å². The maximum absolute atomic E-state index is 13.3. The van der Waals surface area contributed by atoms with Gasteiger partial charge in [-0.3, -0.25) is 0 Å². The fourth-order valence-electron chi connectivity index (χ4n) is 4.25. The first kappa shape index (κ1) is 25.5.